The third-order valence-electron chi connectivity index (χ3n) is 3.43. The van der Waals surface area contributed by atoms with Gasteiger partial charge < -0.3 is 5.32 Å². The first-order valence-corrected chi connectivity index (χ1v) is 6.87. The van der Waals surface area contributed by atoms with Gasteiger partial charge in [0.25, 0.3) is 0 Å². The molecule has 0 bridgehead atoms. The maximum absolute atomic E-state index is 10.5. The third kappa shape index (κ3) is 3.15. The Kier molecular flexibility index (Phi) is 3.93. The van der Waals surface area contributed by atoms with Crippen LogP contribution in [0.15, 0.2) is 6.20 Å². The van der Waals surface area contributed by atoms with E-state index in [0.717, 1.165) is 30.1 Å². The summed E-state index contributed by atoms with van der Waals surface area (Å²) in [6.07, 6.45) is 7.38. The van der Waals surface area contributed by atoms with E-state index in [9.17, 15) is 10.1 Å². The summed E-state index contributed by atoms with van der Waals surface area (Å²) in [6, 6.07) is 0.434. The second-order valence-electron chi connectivity index (χ2n) is 4.53. The molecule has 0 amide bonds. The highest BCUT2D eigenvalue weighted by molar-refractivity contribution is 7.18. The molecular weight excluding hydrogens is 238 g/mol. The average Bonchev–Trinajstić information content (AvgIpc) is 2.79. The van der Waals surface area contributed by atoms with Crippen LogP contribution < -0.4 is 5.32 Å². The van der Waals surface area contributed by atoms with Crippen molar-refractivity contribution in [3.05, 3.63) is 16.3 Å². The van der Waals surface area contributed by atoms with Gasteiger partial charge in [0.1, 0.15) is 6.20 Å². The number of aromatic nitrogens is 1. The highest BCUT2D eigenvalue weighted by Gasteiger charge is 2.21. The topological polar surface area (TPSA) is 68.1 Å². The lowest BCUT2D eigenvalue weighted by Gasteiger charge is -2.28. The molecule has 0 atom stereocenters. The van der Waals surface area contributed by atoms with E-state index in [1.807, 2.05) is 0 Å². The predicted molar refractivity (Wildman–Crippen MR) is 68.4 cm³/mol. The van der Waals surface area contributed by atoms with Gasteiger partial charge in [-0.15, -0.1) is 0 Å². The summed E-state index contributed by atoms with van der Waals surface area (Å²) in [7, 11) is 0. The number of rotatable bonds is 4. The first-order chi connectivity index (χ1) is 8.19. The normalized spacial score (nSPS) is 24.5. The molecule has 17 heavy (non-hydrogen) atoms. The van der Waals surface area contributed by atoms with Crippen molar-refractivity contribution in [2.45, 2.75) is 45.1 Å². The molecule has 0 aromatic carbocycles. The van der Waals surface area contributed by atoms with Crippen molar-refractivity contribution in [3.63, 3.8) is 0 Å². The summed E-state index contributed by atoms with van der Waals surface area (Å²) >= 11 is 1.12. The van der Waals surface area contributed by atoms with E-state index in [4.69, 9.17) is 0 Å². The van der Waals surface area contributed by atoms with Gasteiger partial charge in [-0.2, -0.15) is 0 Å². The fourth-order valence-electron chi connectivity index (χ4n) is 2.31. The van der Waals surface area contributed by atoms with Crippen LogP contribution in [0.25, 0.3) is 0 Å². The summed E-state index contributed by atoms with van der Waals surface area (Å²) in [6.45, 7) is 2.24. The molecule has 1 fully saturated rings. The molecule has 1 aliphatic carbocycles. The standard InChI is InChI=1S/C11H17N3O2S/c1-2-8-3-5-9(6-4-8)13-11-12-7-10(17-11)14(15)16/h7-9H,2-6H2,1H3,(H,12,13). The smallest absolute Gasteiger partial charge is 0.345 e. The Morgan fingerprint density at radius 3 is 2.76 bits per heavy atom. The van der Waals surface area contributed by atoms with Crippen molar-refractivity contribution in [2.75, 3.05) is 5.32 Å². The molecule has 0 spiro atoms. The molecular formula is C11H17N3O2S. The molecule has 6 heteroatoms. The second-order valence-corrected chi connectivity index (χ2v) is 5.54. The molecule has 2 rings (SSSR count). The SMILES string of the molecule is CCC1CCC(Nc2ncc([N+](=O)[O-])s2)CC1. The molecule has 1 heterocycles. The highest BCUT2D eigenvalue weighted by Crippen LogP contribution is 2.31. The van der Waals surface area contributed by atoms with E-state index in [1.54, 1.807) is 0 Å². The molecule has 1 aliphatic rings. The lowest BCUT2D eigenvalue weighted by atomic mass is 9.85. The van der Waals surface area contributed by atoms with Crippen LogP contribution >= 0.6 is 11.3 Å². The molecule has 5 nitrogen and oxygen atoms in total. The maximum Gasteiger partial charge on any atom is 0.345 e. The monoisotopic (exact) mass is 255 g/mol. The fourth-order valence-corrected chi connectivity index (χ4v) is 3.02. The van der Waals surface area contributed by atoms with E-state index < -0.39 is 4.92 Å². The zero-order chi connectivity index (χ0) is 12.3. The van der Waals surface area contributed by atoms with Crippen LogP contribution in [0.5, 0.6) is 0 Å². The fraction of sp³-hybridized carbons (Fsp3) is 0.727. The second kappa shape index (κ2) is 5.44. The third-order valence-corrected chi connectivity index (χ3v) is 4.31. The number of thiazole rings is 1. The number of anilines is 1. The van der Waals surface area contributed by atoms with Gasteiger partial charge in [-0.3, -0.25) is 10.1 Å². The number of nitrogens with zero attached hydrogens (tertiary/aromatic N) is 2. The van der Waals surface area contributed by atoms with Crippen molar-refractivity contribution in [1.82, 2.24) is 4.98 Å². The molecule has 1 aromatic rings. The van der Waals surface area contributed by atoms with Gasteiger partial charge in [-0.05, 0) is 42.9 Å². The van der Waals surface area contributed by atoms with Gasteiger partial charge in [0, 0.05) is 6.04 Å². The quantitative estimate of drug-likeness (QED) is 0.661. The maximum atomic E-state index is 10.5. The van der Waals surface area contributed by atoms with Crippen LogP contribution in [0.3, 0.4) is 0 Å². The largest absolute Gasteiger partial charge is 0.359 e. The minimum atomic E-state index is -0.392. The van der Waals surface area contributed by atoms with E-state index in [1.165, 1.54) is 25.5 Å². The lowest BCUT2D eigenvalue weighted by Crippen LogP contribution is -2.25. The highest BCUT2D eigenvalue weighted by atomic mass is 32.1. The van der Waals surface area contributed by atoms with Crippen LogP contribution in [0, 0.1) is 16.0 Å². The van der Waals surface area contributed by atoms with Gasteiger partial charge in [-0.1, -0.05) is 13.3 Å². The van der Waals surface area contributed by atoms with E-state index in [-0.39, 0.29) is 5.00 Å². The molecule has 0 saturated heterocycles. The molecule has 1 aromatic heterocycles. The Morgan fingerprint density at radius 2 is 2.24 bits per heavy atom. The molecule has 1 saturated carbocycles. The van der Waals surface area contributed by atoms with E-state index >= 15 is 0 Å². The van der Waals surface area contributed by atoms with Crippen LogP contribution in [-0.4, -0.2) is 15.9 Å². The summed E-state index contributed by atoms with van der Waals surface area (Å²) < 4.78 is 0. The molecule has 0 aliphatic heterocycles. The van der Waals surface area contributed by atoms with Crippen molar-refractivity contribution in [2.24, 2.45) is 5.92 Å². The Balaban J connectivity index is 1.86. The Bertz CT molecular complexity index is 386. The van der Waals surface area contributed by atoms with Crippen LogP contribution in [0.1, 0.15) is 39.0 Å². The van der Waals surface area contributed by atoms with Gasteiger partial charge in [0.2, 0.25) is 0 Å². The minimum absolute atomic E-state index is 0.106. The van der Waals surface area contributed by atoms with E-state index in [0.29, 0.717) is 11.2 Å². The van der Waals surface area contributed by atoms with Crippen molar-refractivity contribution >= 4 is 21.5 Å². The van der Waals surface area contributed by atoms with Crippen molar-refractivity contribution < 1.29 is 4.92 Å². The van der Waals surface area contributed by atoms with Crippen molar-refractivity contribution in [3.8, 4) is 0 Å². The average molecular weight is 255 g/mol. The summed E-state index contributed by atoms with van der Waals surface area (Å²) in [5.41, 5.74) is 0. The number of hydrogen-bond donors (Lipinski definition) is 1. The first kappa shape index (κ1) is 12.3. The molecule has 1 N–H and O–H groups in total. The number of nitro groups is 1. The molecule has 0 radical (unpaired) electrons. The number of nitrogens with one attached hydrogen (secondary N) is 1. The zero-order valence-corrected chi connectivity index (χ0v) is 10.7. The Labute approximate surface area is 104 Å². The van der Waals surface area contributed by atoms with Crippen molar-refractivity contribution in [1.29, 1.82) is 0 Å². The van der Waals surface area contributed by atoms with Crippen LogP contribution in [-0.2, 0) is 0 Å². The summed E-state index contributed by atoms with van der Waals surface area (Å²) in [5, 5.41) is 14.6. The summed E-state index contributed by atoms with van der Waals surface area (Å²) in [4.78, 5) is 14.2. The number of hydrogen-bond acceptors (Lipinski definition) is 5. The van der Waals surface area contributed by atoms with Gasteiger partial charge >= 0.3 is 5.00 Å². The van der Waals surface area contributed by atoms with Crippen LogP contribution in [0.2, 0.25) is 0 Å². The van der Waals surface area contributed by atoms with Gasteiger partial charge in [-0.25, -0.2) is 4.98 Å². The zero-order valence-electron chi connectivity index (χ0n) is 9.89. The molecule has 94 valence electrons. The Morgan fingerprint density at radius 1 is 1.53 bits per heavy atom. The van der Waals surface area contributed by atoms with Gasteiger partial charge in [0.15, 0.2) is 5.13 Å². The first-order valence-electron chi connectivity index (χ1n) is 6.05. The molecule has 0 unspecified atom stereocenters. The summed E-state index contributed by atoms with van der Waals surface area (Å²) in [5.74, 6) is 0.860. The predicted octanol–water partition coefficient (Wildman–Crippen LogP) is 3.43. The van der Waals surface area contributed by atoms with E-state index in [2.05, 4.69) is 17.2 Å². The lowest BCUT2D eigenvalue weighted by molar-refractivity contribution is -0.380. The van der Waals surface area contributed by atoms with Gasteiger partial charge in [0.05, 0.1) is 4.92 Å². The minimum Gasteiger partial charge on any atom is -0.359 e. The van der Waals surface area contributed by atoms with Crippen LogP contribution in [0.4, 0.5) is 10.1 Å². The Hall–Kier alpha value is -1.17.